The molecule has 0 heterocycles. The van der Waals surface area contributed by atoms with Gasteiger partial charge in [-0.05, 0) is 18.1 Å². The van der Waals surface area contributed by atoms with Crippen LogP contribution in [0.2, 0.25) is 0 Å². The van der Waals surface area contributed by atoms with Crippen molar-refractivity contribution in [2.24, 2.45) is 0 Å². The number of anilines is 2. The van der Waals surface area contributed by atoms with E-state index < -0.39 is 0 Å². The molecular weight excluding hydrogens is 318 g/mol. The van der Waals surface area contributed by atoms with Crippen molar-refractivity contribution in [3.63, 3.8) is 0 Å². The number of rotatable bonds is 4. The van der Waals surface area contributed by atoms with Gasteiger partial charge in [-0.3, -0.25) is 14.4 Å². The van der Waals surface area contributed by atoms with Gasteiger partial charge in [0.1, 0.15) is 0 Å². The first-order valence-electron chi connectivity index (χ1n) is 8.01. The lowest BCUT2D eigenvalue weighted by atomic mass is 9.79. The number of benzene rings is 2. The lowest BCUT2D eigenvalue weighted by Crippen LogP contribution is -2.27. The number of amides is 1. The summed E-state index contributed by atoms with van der Waals surface area (Å²) >= 11 is 0. The van der Waals surface area contributed by atoms with E-state index in [9.17, 15) is 14.4 Å². The van der Waals surface area contributed by atoms with Crippen LogP contribution in [0.4, 0.5) is 11.4 Å². The number of carbonyl (C=O) groups is 3. The average Bonchev–Trinajstić information content (AvgIpc) is 2.60. The quantitative estimate of drug-likeness (QED) is 0.630. The molecule has 3 rings (SSSR count). The number of nitrogen functional groups attached to an aromatic ring is 1. The number of carbonyl (C=O) groups excluding carboxylic acids is 3. The largest absolute Gasteiger partial charge is 0.398 e. The minimum absolute atomic E-state index is 0.160. The van der Waals surface area contributed by atoms with Crippen molar-refractivity contribution in [1.82, 2.24) is 5.32 Å². The predicted molar refractivity (Wildman–Crippen MR) is 96.1 cm³/mol. The van der Waals surface area contributed by atoms with E-state index in [-0.39, 0.29) is 17.5 Å². The average molecular weight is 337 g/mol. The van der Waals surface area contributed by atoms with Gasteiger partial charge in [-0.1, -0.05) is 24.3 Å². The zero-order chi connectivity index (χ0) is 18.1. The third kappa shape index (κ3) is 2.76. The van der Waals surface area contributed by atoms with Gasteiger partial charge in [0.05, 0.1) is 5.56 Å². The molecule has 0 bridgehead atoms. The van der Waals surface area contributed by atoms with Crippen LogP contribution in [0, 0.1) is 0 Å². The molecule has 0 fully saturated rings. The molecule has 4 N–H and O–H groups in total. The Labute approximate surface area is 145 Å². The third-order valence-corrected chi connectivity index (χ3v) is 4.36. The molecule has 0 unspecified atom stereocenters. The summed E-state index contributed by atoms with van der Waals surface area (Å²) in [4.78, 5) is 37.2. The topological polar surface area (TPSA) is 101 Å². The molecular formula is C19H19N3O3. The minimum Gasteiger partial charge on any atom is -0.398 e. The molecule has 0 atom stereocenters. The van der Waals surface area contributed by atoms with E-state index in [1.807, 2.05) is 0 Å². The van der Waals surface area contributed by atoms with Crippen LogP contribution in [0.3, 0.4) is 0 Å². The van der Waals surface area contributed by atoms with E-state index >= 15 is 0 Å². The number of hydrogen-bond acceptors (Lipinski definition) is 5. The monoisotopic (exact) mass is 337 g/mol. The van der Waals surface area contributed by atoms with E-state index in [0.29, 0.717) is 52.2 Å². The van der Waals surface area contributed by atoms with E-state index in [0.717, 1.165) is 0 Å². The SMILES string of the molecule is CNc1cc(N)c(CCNC(C)=O)c2c1C(=O)c1ccccc1C2=O. The summed E-state index contributed by atoms with van der Waals surface area (Å²) in [7, 11) is 1.68. The summed E-state index contributed by atoms with van der Waals surface area (Å²) in [6.07, 6.45) is 0.374. The molecule has 0 spiro atoms. The normalized spacial score (nSPS) is 12.4. The third-order valence-electron chi connectivity index (χ3n) is 4.36. The molecule has 2 aromatic rings. The molecule has 2 aromatic carbocycles. The van der Waals surface area contributed by atoms with Crippen molar-refractivity contribution in [3.05, 3.63) is 58.1 Å². The van der Waals surface area contributed by atoms with Crippen molar-refractivity contribution in [2.45, 2.75) is 13.3 Å². The molecule has 6 nitrogen and oxygen atoms in total. The Kier molecular flexibility index (Phi) is 4.27. The number of nitrogens with one attached hydrogen (secondary N) is 2. The van der Waals surface area contributed by atoms with Crippen LogP contribution in [-0.2, 0) is 11.2 Å². The van der Waals surface area contributed by atoms with E-state index in [1.165, 1.54) is 6.92 Å². The smallest absolute Gasteiger partial charge is 0.216 e. The maximum absolute atomic E-state index is 13.1. The summed E-state index contributed by atoms with van der Waals surface area (Å²) in [5.41, 5.74) is 9.16. The summed E-state index contributed by atoms with van der Waals surface area (Å²) in [6, 6.07) is 8.45. The highest BCUT2D eigenvalue weighted by atomic mass is 16.1. The maximum Gasteiger partial charge on any atom is 0.216 e. The number of ketones is 2. The van der Waals surface area contributed by atoms with Gasteiger partial charge in [0, 0.05) is 48.6 Å². The minimum atomic E-state index is -0.216. The molecule has 0 saturated heterocycles. The highest BCUT2D eigenvalue weighted by Crippen LogP contribution is 2.37. The van der Waals surface area contributed by atoms with Crippen LogP contribution >= 0.6 is 0 Å². The van der Waals surface area contributed by atoms with Crippen LogP contribution in [0.25, 0.3) is 0 Å². The van der Waals surface area contributed by atoms with Gasteiger partial charge in [0.25, 0.3) is 0 Å². The Bertz CT molecular complexity index is 903. The van der Waals surface area contributed by atoms with Gasteiger partial charge in [0.2, 0.25) is 5.91 Å². The highest BCUT2D eigenvalue weighted by molar-refractivity contribution is 6.31. The van der Waals surface area contributed by atoms with Gasteiger partial charge in [-0.15, -0.1) is 0 Å². The van der Waals surface area contributed by atoms with Crippen molar-refractivity contribution >= 4 is 28.8 Å². The van der Waals surface area contributed by atoms with Gasteiger partial charge >= 0.3 is 0 Å². The fraction of sp³-hybridized carbons (Fsp3) is 0.211. The zero-order valence-corrected chi connectivity index (χ0v) is 14.1. The molecule has 1 aliphatic rings. The molecule has 128 valence electrons. The lowest BCUT2D eigenvalue weighted by molar-refractivity contribution is -0.118. The fourth-order valence-electron chi connectivity index (χ4n) is 3.21. The van der Waals surface area contributed by atoms with Gasteiger partial charge in [-0.2, -0.15) is 0 Å². The summed E-state index contributed by atoms with van der Waals surface area (Å²) in [5, 5.41) is 5.65. The van der Waals surface area contributed by atoms with Crippen molar-refractivity contribution in [3.8, 4) is 0 Å². The van der Waals surface area contributed by atoms with Crippen LogP contribution < -0.4 is 16.4 Å². The molecule has 0 radical (unpaired) electrons. The summed E-state index contributed by atoms with van der Waals surface area (Å²) in [6.45, 7) is 1.77. The van der Waals surface area contributed by atoms with E-state index in [1.54, 1.807) is 37.4 Å². The second kappa shape index (κ2) is 6.39. The van der Waals surface area contributed by atoms with Gasteiger partial charge in [-0.25, -0.2) is 0 Å². The molecule has 25 heavy (non-hydrogen) atoms. The standard InChI is InChI=1S/C19H19N3O3/c1-10(23)22-8-7-13-14(20)9-15(21-2)17-16(13)18(24)11-5-3-4-6-12(11)19(17)25/h3-6,9,21H,7-8,20H2,1-2H3,(H,22,23). The van der Waals surface area contributed by atoms with Crippen molar-refractivity contribution in [1.29, 1.82) is 0 Å². The van der Waals surface area contributed by atoms with Crippen LogP contribution in [0.15, 0.2) is 30.3 Å². The lowest BCUT2D eigenvalue weighted by Gasteiger charge is -2.24. The van der Waals surface area contributed by atoms with Crippen molar-refractivity contribution < 1.29 is 14.4 Å². The number of fused-ring (bicyclic) bond motifs is 2. The first kappa shape index (κ1) is 16.7. The Balaban J connectivity index is 2.19. The van der Waals surface area contributed by atoms with E-state index in [4.69, 9.17) is 5.73 Å². The van der Waals surface area contributed by atoms with Crippen LogP contribution in [0.5, 0.6) is 0 Å². The molecule has 1 aliphatic carbocycles. The molecule has 6 heteroatoms. The summed E-state index contributed by atoms with van der Waals surface area (Å²) in [5.74, 6) is -0.575. The van der Waals surface area contributed by atoms with Crippen LogP contribution in [0.1, 0.15) is 44.3 Å². The first-order chi connectivity index (χ1) is 12.0. The Morgan fingerprint density at radius 1 is 1.08 bits per heavy atom. The van der Waals surface area contributed by atoms with Crippen LogP contribution in [-0.4, -0.2) is 31.1 Å². The Morgan fingerprint density at radius 3 is 2.24 bits per heavy atom. The van der Waals surface area contributed by atoms with E-state index in [2.05, 4.69) is 10.6 Å². The maximum atomic E-state index is 13.1. The zero-order valence-electron chi connectivity index (χ0n) is 14.1. The Morgan fingerprint density at radius 2 is 1.68 bits per heavy atom. The first-order valence-corrected chi connectivity index (χ1v) is 8.01. The second-order valence-electron chi connectivity index (χ2n) is 5.93. The number of nitrogens with two attached hydrogens (primary N) is 1. The van der Waals surface area contributed by atoms with Gasteiger partial charge < -0.3 is 16.4 Å². The fourth-order valence-corrected chi connectivity index (χ4v) is 3.21. The molecule has 0 aromatic heterocycles. The Hall–Kier alpha value is -3.15. The van der Waals surface area contributed by atoms with Crippen molar-refractivity contribution in [2.75, 3.05) is 24.6 Å². The number of hydrogen-bond donors (Lipinski definition) is 3. The molecule has 1 amide bonds. The molecule has 0 saturated carbocycles. The highest BCUT2D eigenvalue weighted by Gasteiger charge is 2.34. The predicted octanol–water partition coefficient (Wildman–Crippen LogP) is 1.76. The molecule has 0 aliphatic heterocycles. The summed E-state index contributed by atoms with van der Waals surface area (Å²) < 4.78 is 0. The van der Waals surface area contributed by atoms with Gasteiger partial charge in [0.15, 0.2) is 11.6 Å². The second-order valence-corrected chi connectivity index (χ2v) is 5.93.